The topological polar surface area (TPSA) is 23.8 Å². The van der Waals surface area contributed by atoms with Gasteiger partial charge in [0.05, 0.1) is 11.6 Å². The fourth-order valence-electron chi connectivity index (χ4n) is 0.710. The largest absolute Gasteiger partial charge is 0.207 e. The molecule has 1 aromatic carbocycles. The Morgan fingerprint density at radius 2 is 1.54 bits per heavy atom. The average Bonchev–Trinajstić information content (AvgIpc) is 2.16. The molecule has 0 N–H and O–H groups in total. The van der Waals surface area contributed by atoms with Crippen LogP contribution in [0.25, 0.3) is 0 Å². The number of rotatable bonds is 0. The summed E-state index contributed by atoms with van der Waals surface area (Å²) < 4.78 is 25.3. The van der Waals surface area contributed by atoms with Gasteiger partial charge in [-0.3, -0.25) is 0 Å². The second-order valence-corrected chi connectivity index (χ2v) is 2.18. The van der Waals surface area contributed by atoms with Gasteiger partial charge in [0.2, 0.25) is 0 Å². The van der Waals surface area contributed by atoms with Crippen LogP contribution in [0.5, 0.6) is 0 Å². The van der Waals surface area contributed by atoms with Crippen LogP contribution in [0.3, 0.4) is 0 Å². The Hall–Kier alpha value is -1.43. The predicted octanol–water partition coefficient (Wildman–Crippen LogP) is 3.17. The molecule has 3 heteroatoms. The average molecular weight is 183 g/mol. The fourth-order valence-corrected chi connectivity index (χ4v) is 0.710. The van der Waals surface area contributed by atoms with Crippen molar-refractivity contribution in [3.8, 4) is 6.07 Å². The van der Waals surface area contributed by atoms with Crippen molar-refractivity contribution in [2.24, 2.45) is 0 Å². The first-order valence-electron chi connectivity index (χ1n) is 4.01. The van der Waals surface area contributed by atoms with Crippen molar-refractivity contribution >= 4 is 0 Å². The Balaban J connectivity index is 0.000000671. The lowest BCUT2D eigenvalue weighted by molar-refractivity contribution is 0.567. The Morgan fingerprint density at radius 3 is 1.85 bits per heavy atom. The number of hydrogen-bond donors (Lipinski definition) is 0. The summed E-state index contributed by atoms with van der Waals surface area (Å²) in [6.45, 7) is 5.33. The normalized spacial score (nSPS) is 8.31. The van der Waals surface area contributed by atoms with Crippen molar-refractivity contribution in [2.75, 3.05) is 0 Å². The highest BCUT2D eigenvalue weighted by Crippen LogP contribution is 2.12. The van der Waals surface area contributed by atoms with E-state index in [0.717, 1.165) is 12.1 Å². The molecule has 0 aromatic heterocycles. The lowest BCUT2D eigenvalue weighted by Gasteiger charge is -1.97. The third-order valence-corrected chi connectivity index (χ3v) is 1.41. The molecule has 0 aliphatic rings. The van der Waals surface area contributed by atoms with Gasteiger partial charge in [-0.05, 0) is 19.1 Å². The van der Waals surface area contributed by atoms with Gasteiger partial charge in [-0.15, -0.1) is 0 Å². The molecule has 1 rings (SSSR count). The number of nitriles is 1. The molecule has 13 heavy (non-hydrogen) atoms. The molecular formula is C10H11F2N. The Labute approximate surface area is 76.6 Å². The molecule has 0 unspecified atom stereocenters. The third kappa shape index (κ3) is 2.83. The second-order valence-electron chi connectivity index (χ2n) is 2.18. The van der Waals surface area contributed by atoms with Gasteiger partial charge in [0, 0.05) is 5.56 Å². The first-order chi connectivity index (χ1) is 6.15. The minimum atomic E-state index is -0.679. The van der Waals surface area contributed by atoms with Crippen molar-refractivity contribution in [1.82, 2.24) is 0 Å². The van der Waals surface area contributed by atoms with Crippen molar-refractivity contribution in [2.45, 2.75) is 20.8 Å². The molecule has 1 aromatic rings. The molecule has 1 nitrogen and oxygen atoms in total. The molecule has 0 spiro atoms. The van der Waals surface area contributed by atoms with E-state index in [1.165, 1.54) is 6.92 Å². The van der Waals surface area contributed by atoms with Gasteiger partial charge in [0.15, 0.2) is 0 Å². The highest BCUT2D eigenvalue weighted by Gasteiger charge is 2.05. The molecule has 0 bridgehead atoms. The molecule has 70 valence electrons. The Bertz CT molecular complexity index is 303. The second kappa shape index (κ2) is 5.26. The van der Waals surface area contributed by atoms with Crippen molar-refractivity contribution in [3.63, 3.8) is 0 Å². The van der Waals surface area contributed by atoms with E-state index in [2.05, 4.69) is 0 Å². The quantitative estimate of drug-likeness (QED) is 0.606. The minimum Gasteiger partial charge on any atom is -0.207 e. The molecule has 0 heterocycles. The van der Waals surface area contributed by atoms with E-state index >= 15 is 0 Å². The molecule has 0 fully saturated rings. The van der Waals surface area contributed by atoms with Gasteiger partial charge >= 0.3 is 0 Å². The maximum absolute atomic E-state index is 12.6. The number of halogens is 2. The Kier molecular flexibility index (Phi) is 4.68. The Morgan fingerprint density at radius 1 is 1.15 bits per heavy atom. The lowest BCUT2D eigenvalue weighted by Crippen LogP contribution is -1.89. The zero-order chi connectivity index (χ0) is 10.4. The van der Waals surface area contributed by atoms with Crippen molar-refractivity contribution < 1.29 is 8.78 Å². The van der Waals surface area contributed by atoms with Crippen LogP contribution in [0.4, 0.5) is 8.78 Å². The predicted molar refractivity (Wildman–Crippen MR) is 47.2 cm³/mol. The van der Waals surface area contributed by atoms with E-state index in [-0.39, 0.29) is 11.1 Å². The summed E-state index contributed by atoms with van der Waals surface area (Å²) in [5.74, 6) is -1.36. The number of hydrogen-bond acceptors (Lipinski definition) is 1. The minimum absolute atomic E-state index is 0.00519. The van der Waals surface area contributed by atoms with Crippen molar-refractivity contribution in [3.05, 3.63) is 34.9 Å². The van der Waals surface area contributed by atoms with E-state index in [1.54, 1.807) is 6.07 Å². The van der Waals surface area contributed by atoms with Gasteiger partial charge in [0.25, 0.3) is 0 Å². The van der Waals surface area contributed by atoms with E-state index in [0.29, 0.717) is 0 Å². The summed E-state index contributed by atoms with van der Waals surface area (Å²) in [7, 11) is 0. The summed E-state index contributed by atoms with van der Waals surface area (Å²) in [6, 6.07) is 3.68. The van der Waals surface area contributed by atoms with Gasteiger partial charge in [0.1, 0.15) is 11.6 Å². The van der Waals surface area contributed by atoms with E-state index < -0.39 is 11.6 Å². The summed E-state index contributed by atoms with van der Waals surface area (Å²) in [5.41, 5.74) is -0.0467. The van der Waals surface area contributed by atoms with E-state index in [1.807, 2.05) is 13.8 Å². The molecular weight excluding hydrogens is 172 g/mol. The molecule has 0 aliphatic carbocycles. The van der Waals surface area contributed by atoms with Crippen LogP contribution in [0, 0.1) is 29.9 Å². The van der Waals surface area contributed by atoms with Gasteiger partial charge in [-0.2, -0.15) is 5.26 Å². The van der Waals surface area contributed by atoms with Crippen LogP contribution in [0.15, 0.2) is 12.1 Å². The fraction of sp³-hybridized carbons (Fsp3) is 0.300. The highest BCUT2D eigenvalue weighted by atomic mass is 19.1. The molecule has 0 aliphatic heterocycles. The summed E-state index contributed by atoms with van der Waals surface area (Å²) in [5, 5.41) is 8.29. The summed E-state index contributed by atoms with van der Waals surface area (Å²) >= 11 is 0. The van der Waals surface area contributed by atoms with Crippen LogP contribution >= 0.6 is 0 Å². The van der Waals surface area contributed by atoms with Gasteiger partial charge < -0.3 is 0 Å². The molecule has 0 saturated carbocycles. The van der Waals surface area contributed by atoms with Crippen LogP contribution in [0.2, 0.25) is 0 Å². The molecule has 0 amide bonds. The van der Waals surface area contributed by atoms with Gasteiger partial charge in [-0.1, -0.05) is 13.8 Å². The summed E-state index contributed by atoms with van der Waals surface area (Å²) in [4.78, 5) is 0. The number of benzene rings is 1. The van der Waals surface area contributed by atoms with Crippen LogP contribution < -0.4 is 0 Å². The van der Waals surface area contributed by atoms with Crippen LogP contribution in [-0.2, 0) is 0 Å². The van der Waals surface area contributed by atoms with Crippen molar-refractivity contribution in [1.29, 1.82) is 5.26 Å². The summed E-state index contributed by atoms with van der Waals surface area (Å²) in [6.07, 6.45) is 0. The first kappa shape index (κ1) is 11.6. The van der Waals surface area contributed by atoms with E-state index in [9.17, 15) is 8.78 Å². The van der Waals surface area contributed by atoms with E-state index in [4.69, 9.17) is 5.26 Å². The molecule has 0 saturated heterocycles. The molecule has 0 radical (unpaired) electrons. The highest BCUT2D eigenvalue weighted by molar-refractivity contribution is 5.33. The maximum Gasteiger partial charge on any atom is 0.130 e. The maximum atomic E-state index is 12.6. The zero-order valence-electron chi connectivity index (χ0n) is 7.86. The monoisotopic (exact) mass is 183 g/mol. The zero-order valence-corrected chi connectivity index (χ0v) is 7.86. The third-order valence-electron chi connectivity index (χ3n) is 1.41. The number of nitrogens with zero attached hydrogens (tertiary/aromatic N) is 1. The van der Waals surface area contributed by atoms with Crippen LogP contribution in [0.1, 0.15) is 25.0 Å². The lowest BCUT2D eigenvalue weighted by atomic mass is 10.1. The van der Waals surface area contributed by atoms with Gasteiger partial charge in [-0.25, -0.2) is 8.78 Å². The smallest absolute Gasteiger partial charge is 0.130 e. The first-order valence-corrected chi connectivity index (χ1v) is 4.01. The SMILES string of the molecule is CC.Cc1c(F)cc(C#N)cc1F. The molecule has 0 atom stereocenters. The van der Waals surface area contributed by atoms with Crippen LogP contribution in [-0.4, -0.2) is 0 Å². The standard InChI is InChI=1S/C8H5F2N.C2H6/c1-5-7(9)2-6(4-11)3-8(5)10;1-2/h2-3H,1H3;1-2H3.